The molecule has 0 saturated carbocycles. The van der Waals surface area contributed by atoms with Gasteiger partial charge in [0, 0.05) is 17.4 Å². The highest BCUT2D eigenvalue weighted by Gasteiger charge is 2.38. The normalized spacial score (nSPS) is 17.4. The Balaban J connectivity index is 1.40. The van der Waals surface area contributed by atoms with E-state index in [4.69, 9.17) is 4.99 Å². The van der Waals surface area contributed by atoms with Gasteiger partial charge in [-0.25, -0.2) is 9.78 Å². The van der Waals surface area contributed by atoms with Gasteiger partial charge in [0.25, 0.3) is 0 Å². The molecule has 7 heteroatoms. The molecule has 3 heterocycles. The number of aryl methyl sites for hydroxylation is 1. The molecule has 3 N–H and O–H groups in total. The number of anilines is 1. The van der Waals surface area contributed by atoms with Crippen molar-refractivity contribution < 1.29 is 4.79 Å². The largest absolute Gasteiger partial charge is 0.361 e. The number of aromatic nitrogens is 3. The molecule has 3 aromatic carbocycles. The number of hydrogen-bond acceptors (Lipinski definition) is 3. The minimum Gasteiger partial charge on any atom is -0.361 e. The van der Waals surface area contributed by atoms with E-state index in [0.717, 1.165) is 38.8 Å². The maximum atomic E-state index is 13.2. The van der Waals surface area contributed by atoms with E-state index >= 15 is 0 Å². The van der Waals surface area contributed by atoms with E-state index in [9.17, 15) is 4.79 Å². The Hall–Kier alpha value is -4.39. The molecule has 0 aliphatic carbocycles. The first-order valence-electron chi connectivity index (χ1n) is 10.9. The third kappa shape index (κ3) is 3.43. The van der Waals surface area contributed by atoms with Crippen molar-refractivity contribution in [1.82, 2.24) is 20.3 Å². The molecule has 33 heavy (non-hydrogen) atoms. The first-order chi connectivity index (χ1) is 16.2. The smallest absolute Gasteiger partial charge is 0.328 e. The van der Waals surface area contributed by atoms with Crippen molar-refractivity contribution in [2.75, 3.05) is 4.90 Å². The monoisotopic (exact) mass is 434 g/mol. The molecule has 1 saturated heterocycles. The lowest BCUT2D eigenvalue weighted by atomic mass is 10.0. The second-order valence-electron chi connectivity index (χ2n) is 8.32. The number of amides is 2. The zero-order chi connectivity index (χ0) is 22.4. The number of H-pyrrole nitrogens is 2. The standard InChI is InChI=1S/C26H22N6O/c1-16-2-5-18(6-3-16)24-25(28-14-17-4-8-21-19(12-17)10-11-27-21)31-26(33)32(24)20-7-9-22-23(13-20)30-15-29-22/h2-13,15,24,27H,14H2,1H3,(H,29,30)(H,28,31,33). The summed E-state index contributed by atoms with van der Waals surface area (Å²) in [5.74, 6) is 0.639. The molecule has 0 spiro atoms. The number of nitrogens with one attached hydrogen (secondary N) is 3. The first kappa shape index (κ1) is 19.3. The maximum absolute atomic E-state index is 13.2. The topological polar surface area (TPSA) is 89.2 Å². The summed E-state index contributed by atoms with van der Waals surface area (Å²) in [7, 11) is 0. The predicted octanol–water partition coefficient (Wildman–Crippen LogP) is 5.22. The van der Waals surface area contributed by atoms with E-state index in [1.165, 1.54) is 5.56 Å². The van der Waals surface area contributed by atoms with Crippen LogP contribution < -0.4 is 10.2 Å². The number of aromatic amines is 2. The minimum atomic E-state index is -0.342. The van der Waals surface area contributed by atoms with Crippen molar-refractivity contribution in [2.45, 2.75) is 19.5 Å². The Morgan fingerprint density at radius 2 is 1.82 bits per heavy atom. The Morgan fingerprint density at radius 3 is 2.70 bits per heavy atom. The highest BCUT2D eigenvalue weighted by molar-refractivity contribution is 6.17. The van der Waals surface area contributed by atoms with Crippen molar-refractivity contribution >= 4 is 39.5 Å². The van der Waals surface area contributed by atoms with Gasteiger partial charge in [0.05, 0.1) is 23.9 Å². The molecule has 6 rings (SSSR count). The summed E-state index contributed by atoms with van der Waals surface area (Å²) in [6.45, 7) is 2.53. The van der Waals surface area contributed by atoms with Crippen LogP contribution in [0.3, 0.4) is 0 Å². The number of urea groups is 1. The van der Waals surface area contributed by atoms with Crippen LogP contribution in [0.4, 0.5) is 10.5 Å². The van der Waals surface area contributed by atoms with Crippen LogP contribution in [-0.4, -0.2) is 26.8 Å². The van der Waals surface area contributed by atoms with E-state index in [-0.39, 0.29) is 12.1 Å². The number of carbonyl (C=O) groups excluding carboxylic acids is 1. The van der Waals surface area contributed by atoms with Crippen molar-refractivity contribution in [3.05, 3.63) is 95.9 Å². The molecule has 5 aromatic rings. The van der Waals surface area contributed by atoms with Crippen molar-refractivity contribution in [2.24, 2.45) is 4.99 Å². The first-order valence-corrected chi connectivity index (χ1v) is 10.9. The molecular formula is C26H22N6O. The molecule has 0 bridgehead atoms. The molecule has 0 radical (unpaired) electrons. The zero-order valence-corrected chi connectivity index (χ0v) is 18.0. The van der Waals surface area contributed by atoms with E-state index in [1.807, 2.05) is 30.5 Å². The number of carbonyl (C=O) groups is 1. The Morgan fingerprint density at radius 1 is 0.970 bits per heavy atom. The van der Waals surface area contributed by atoms with Crippen molar-refractivity contribution in [1.29, 1.82) is 0 Å². The van der Waals surface area contributed by atoms with Gasteiger partial charge >= 0.3 is 6.03 Å². The number of imidazole rings is 1. The number of amidine groups is 1. The summed E-state index contributed by atoms with van der Waals surface area (Å²) in [5, 5.41) is 4.16. The summed E-state index contributed by atoms with van der Waals surface area (Å²) >= 11 is 0. The quantitative estimate of drug-likeness (QED) is 0.362. The molecule has 1 aliphatic heterocycles. The van der Waals surface area contributed by atoms with Gasteiger partial charge in [0.15, 0.2) is 0 Å². The number of fused-ring (bicyclic) bond motifs is 2. The van der Waals surface area contributed by atoms with Gasteiger partial charge in [-0.3, -0.25) is 15.2 Å². The van der Waals surface area contributed by atoms with Gasteiger partial charge in [0.2, 0.25) is 0 Å². The Labute approximate surface area is 190 Å². The second kappa shape index (κ2) is 7.63. The molecule has 1 atom stereocenters. The van der Waals surface area contributed by atoms with E-state index in [0.29, 0.717) is 12.4 Å². The average molecular weight is 435 g/mol. The number of hydrogen-bond donors (Lipinski definition) is 3. The minimum absolute atomic E-state index is 0.199. The van der Waals surface area contributed by atoms with Crippen LogP contribution in [0.1, 0.15) is 22.7 Å². The summed E-state index contributed by atoms with van der Waals surface area (Å²) in [5.41, 5.74) is 6.87. The molecule has 1 unspecified atom stereocenters. The fraction of sp³-hybridized carbons (Fsp3) is 0.115. The Kier molecular flexibility index (Phi) is 4.47. The van der Waals surface area contributed by atoms with Crippen LogP contribution in [0.15, 0.2) is 84.2 Å². The SMILES string of the molecule is Cc1ccc(C2/C(=N/Cc3ccc4[nH]ccc4c3)NC(=O)N2c2ccc3[nH]cnc3c2)cc1. The van der Waals surface area contributed by atoms with Gasteiger partial charge < -0.3 is 9.97 Å². The highest BCUT2D eigenvalue weighted by Crippen LogP contribution is 2.33. The van der Waals surface area contributed by atoms with E-state index < -0.39 is 0 Å². The third-order valence-electron chi connectivity index (χ3n) is 6.10. The summed E-state index contributed by atoms with van der Waals surface area (Å²) in [6.07, 6.45) is 3.59. The van der Waals surface area contributed by atoms with Gasteiger partial charge in [0.1, 0.15) is 11.9 Å². The molecule has 1 fully saturated rings. The van der Waals surface area contributed by atoms with Gasteiger partial charge in [-0.1, -0.05) is 35.9 Å². The molecule has 1 aliphatic rings. The Bertz CT molecular complexity index is 1510. The van der Waals surface area contributed by atoms with Crippen LogP contribution in [0, 0.1) is 6.92 Å². The molecule has 162 valence electrons. The average Bonchev–Trinajstić information content (AvgIpc) is 3.55. The fourth-order valence-corrected chi connectivity index (χ4v) is 4.37. The van der Waals surface area contributed by atoms with Gasteiger partial charge in [-0.2, -0.15) is 0 Å². The lowest BCUT2D eigenvalue weighted by Gasteiger charge is -2.23. The van der Waals surface area contributed by atoms with Crippen LogP contribution >= 0.6 is 0 Å². The molecular weight excluding hydrogens is 412 g/mol. The number of rotatable bonds is 4. The van der Waals surface area contributed by atoms with Crippen molar-refractivity contribution in [3.63, 3.8) is 0 Å². The fourth-order valence-electron chi connectivity index (χ4n) is 4.37. The van der Waals surface area contributed by atoms with Crippen molar-refractivity contribution in [3.8, 4) is 0 Å². The van der Waals surface area contributed by atoms with Crippen LogP contribution in [-0.2, 0) is 6.54 Å². The molecule has 7 nitrogen and oxygen atoms in total. The maximum Gasteiger partial charge on any atom is 0.328 e. The van der Waals surface area contributed by atoms with Gasteiger partial charge in [-0.05, 0) is 59.8 Å². The van der Waals surface area contributed by atoms with E-state index in [1.54, 1.807) is 11.2 Å². The van der Waals surface area contributed by atoms with Gasteiger partial charge in [-0.15, -0.1) is 0 Å². The summed E-state index contributed by atoms with van der Waals surface area (Å²) in [4.78, 5) is 30.4. The van der Waals surface area contributed by atoms with Crippen LogP contribution in [0.25, 0.3) is 21.9 Å². The summed E-state index contributed by atoms with van der Waals surface area (Å²) in [6, 6.07) is 21.8. The highest BCUT2D eigenvalue weighted by atomic mass is 16.2. The number of aliphatic imine (C=N–C) groups is 1. The second-order valence-corrected chi connectivity index (χ2v) is 8.32. The molecule has 2 amide bonds. The zero-order valence-electron chi connectivity index (χ0n) is 18.0. The third-order valence-corrected chi connectivity index (χ3v) is 6.10. The number of benzene rings is 3. The lowest BCUT2D eigenvalue weighted by Crippen LogP contribution is -2.29. The summed E-state index contributed by atoms with van der Waals surface area (Å²) < 4.78 is 0. The predicted molar refractivity (Wildman–Crippen MR) is 130 cm³/mol. The van der Waals surface area contributed by atoms with E-state index in [2.05, 4.69) is 69.7 Å². The lowest BCUT2D eigenvalue weighted by molar-refractivity contribution is 0.252. The van der Waals surface area contributed by atoms with Crippen LogP contribution in [0.5, 0.6) is 0 Å². The molecule has 2 aromatic heterocycles. The number of nitrogens with zero attached hydrogens (tertiary/aromatic N) is 3. The van der Waals surface area contributed by atoms with Crippen LogP contribution in [0.2, 0.25) is 0 Å².